The number of rotatable bonds is 7. The molecule has 0 saturated carbocycles. The van der Waals surface area contributed by atoms with Crippen LogP contribution in [0.1, 0.15) is 26.7 Å². The van der Waals surface area contributed by atoms with Crippen molar-refractivity contribution < 1.29 is 27.4 Å². The largest absolute Gasteiger partial charge is 0.573 e. The Labute approximate surface area is 137 Å². The minimum atomic E-state index is -4.81. The number of nitrogens with zero attached hydrogens (tertiary/aromatic N) is 1. The summed E-state index contributed by atoms with van der Waals surface area (Å²) >= 11 is 0. The second-order valence-corrected chi connectivity index (χ2v) is 5.08. The van der Waals surface area contributed by atoms with Gasteiger partial charge < -0.3 is 20.5 Å². The summed E-state index contributed by atoms with van der Waals surface area (Å²) in [7, 11) is 0. The molecule has 0 aliphatic rings. The first-order valence-corrected chi connectivity index (χ1v) is 7.28. The van der Waals surface area contributed by atoms with E-state index < -0.39 is 12.1 Å². The Morgan fingerprint density at radius 1 is 1.33 bits per heavy atom. The smallest absolute Gasteiger partial charge is 0.463 e. The van der Waals surface area contributed by atoms with E-state index in [4.69, 9.17) is 10.5 Å². The molecule has 6 nitrogen and oxygen atoms in total. The van der Waals surface area contributed by atoms with Crippen molar-refractivity contribution in [1.82, 2.24) is 0 Å². The van der Waals surface area contributed by atoms with Gasteiger partial charge in [0.05, 0.1) is 11.8 Å². The number of carbonyl (C=O) groups excluding carboxylic acids is 1. The van der Waals surface area contributed by atoms with Crippen LogP contribution >= 0.6 is 0 Å². The molecule has 3 N–H and O–H groups in total. The number of ether oxygens (including phenoxy) is 2. The van der Waals surface area contributed by atoms with Crippen LogP contribution in [0.3, 0.4) is 0 Å². The molecule has 0 aliphatic carbocycles. The van der Waals surface area contributed by atoms with Crippen LogP contribution in [-0.4, -0.2) is 30.9 Å². The van der Waals surface area contributed by atoms with Crippen molar-refractivity contribution in [1.29, 1.82) is 0 Å². The standard InChI is InChI=1S/C15H20F3N3O3/c1-10(2)23-13(22)8-5-9-20-14(19)21-11-6-3-4-7-12(11)24-15(16,17)18/h3-4,6-7,10H,5,8-9H2,1-2H3,(H3,19,20,21). The zero-order valence-corrected chi connectivity index (χ0v) is 13.4. The molecular formula is C15H20F3N3O3. The maximum Gasteiger partial charge on any atom is 0.573 e. The molecule has 0 saturated heterocycles. The monoisotopic (exact) mass is 347 g/mol. The normalized spacial score (nSPS) is 12.2. The van der Waals surface area contributed by atoms with E-state index in [-0.39, 0.29) is 36.7 Å². The van der Waals surface area contributed by atoms with Crippen LogP contribution in [0.2, 0.25) is 0 Å². The van der Waals surface area contributed by atoms with Crippen LogP contribution in [-0.2, 0) is 9.53 Å². The number of benzene rings is 1. The van der Waals surface area contributed by atoms with Gasteiger partial charge in [0.15, 0.2) is 11.7 Å². The van der Waals surface area contributed by atoms with Crippen molar-refractivity contribution >= 4 is 17.6 Å². The van der Waals surface area contributed by atoms with E-state index in [0.29, 0.717) is 6.42 Å². The summed E-state index contributed by atoms with van der Waals surface area (Å²) < 4.78 is 45.8. The molecule has 0 heterocycles. The first kappa shape index (κ1) is 19.6. The lowest BCUT2D eigenvalue weighted by atomic mass is 10.3. The SMILES string of the molecule is CC(C)OC(=O)CCCN=C(N)Nc1ccccc1OC(F)(F)F. The van der Waals surface area contributed by atoms with Crippen LogP contribution in [0, 0.1) is 0 Å². The van der Waals surface area contributed by atoms with Gasteiger partial charge in [0, 0.05) is 13.0 Å². The summed E-state index contributed by atoms with van der Waals surface area (Å²) in [6.45, 7) is 3.73. The molecule has 0 fully saturated rings. The van der Waals surface area contributed by atoms with Gasteiger partial charge >= 0.3 is 12.3 Å². The molecule has 134 valence electrons. The van der Waals surface area contributed by atoms with E-state index in [1.54, 1.807) is 13.8 Å². The van der Waals surface area contributed by atoms with Gasteiger partial charge in [-0.2, -0.15) is 0 Å². The highest BCUT2D eigenvalue weighted by Gasteiger charge is 2.32. The highest BCUT2D eigenvalue weighted by atomic mass is 19.4. The van der Waals surface area contributed by atoms with E-state index in [1.165, 1.54) is 18.2 Å². The van der Waals surface area contributed by atoms with Gasteiger partial charge in [0.2, 0.25) is 0 Å². The topological polar surface area (TPSA) is 85.9 Å². The summed E-state index contributed by atoms with van der Waals surface area (Å²) in [4.78, 5) is 15.3. The van der Waals surface area contributed by atoms with Crippen LogP contribution < -0.4 is 15.8 Å². The summed E-state index contributed by atoms with van der Waals surface area (Å²) in [5, 5.41) is 2.54. The molecule has 0 bridgehead atoms. The Hall–Kier alpha value is -2.45. The molecule has 0 unspecified atom stereocenters. The van der Waals surface area contributed by atoms with Crippen LogP contribution in [0.4, 0.5) is 18.9 Å². The summed E-state index contributed by atoms with van der Waals surface area (Å²) in [6.07, 6.45) is -4.39. The lowest BCUT2D eigenvalue weighted by molar-refractivity contribution is -0.274. The second-order valence-electron chi connectivity index (χ2n) is 5.08. The van der Waals surface area contributed by atoms with Crippen molar-refractivity contribution in [2.45, 2.75) is 39.2 Å². The number of aliphatic imine (C=N–C) groups is 1. The van der Waals surface area contributed by atoms with Crippen molar-refractivity contribution in [2.24, 2.45) is 10.7 Å². The number of nitrogens with two attached hydrogens (primary N) is 1. The van der Waals surface area contributed by atoms with Crippen LogP contribution in [0.25, 0.3) is 0 Å². The Kier molecular flexibility index (Phi) is 7.34. The molecule has 0 spiro atoms. The van der Waals surface area contributed by atoms with E-state index in [1.807, 2.05) is 0 Å². The van der Waals surface area contributed by atoms with E-state index in [9.17, 15) is 18.0 Å². The minimum Gasteiger partial charge on any atom is -0.463 e. The first-order chi connectivity index (χ1) is 11.2. The third-order valence-electron chi connectivity index (χ3n) is 2.56. The zero-order chi connectivity index (χ0) is 18.2. The van der Waals surface area contributed by atoms with E-state index in [0.717, 1.165) is 6.07 Å². The molecular weight excluding hydrogens is 327 g/mol. The van der Waals surface area contributed by atoms with E-state index >= 15 is 0 Å². The number of esters is 1. The van der Waals surface area contributed by atoms with Gasteiger partial charge in [-0.05, 0) is 32.4 Å². The highest BCUT2D eigenvalue weighted by Crippen LogP contribution is 2.29. The predicted molar refractivity (Wildman–Crippen MR) is 83.7 cm³/mol. The van der Waals surface area contributed by atoms with Crippen molar-refractivity contribution in [3.8, 4) is 5.75 Å². The number of alkyl halides is 3. The predicted octanol–water partition coefficient (Wildman–Crippen LogP) is 3.04. The second kappa shape index (κ2) is 8.99. The third-order valence-corrected chi connectivity index (χ3v) is 2.56. The minimum absolute atomic E-state index is 0.0373. The number of guanidine groups is 1. The average Bonchev–Trinajstić information content (AvgIpc) is 2.43. The fourth-order valence-corrected chi connectivity index (χ4v) is 1.71. The van der Waals surface area contributed by atoms with Crippen molar-refractivity contribution in [2.75, 3.05) is 11.9 Å². The van der Waals surface area contributed by atoms with Crippen molar-refractivity contribution in [3.63, 3.8) is 0 Å². The molecule has 1 rings (SSSR count). The molecule has 0 atom stereocenters. The molecule has 0 amide bonds. The molecule has 0 radical (unpaired) electrons. The number of para-hydroxylation sites is 2. The fraction of sp³-hybridized carbons (Fsp3) is 0.467. The van der Waals surface area contributed by atoms with Gasteiger partial charge in [0.1, 0.15) is 0 Å². The number of hydrogen-bond acceptors (Lipinski definition) is 4. The van der Waals surface area contributed by atoms with Crippen LogP contribution in [0.15, 0.2) is 29.3 Å². The third kappa shape index (κ3) is 8.25. The Balaban J connectivity index is 2.52. The molecule has 0 aromatic heterocycles. The maximum atomic E-state index is 12.3. The van der Waals surface area contributed by atoms with Gasteiger partial charge in [0.25, 0.3) is 0 Å². The number of nitrogens with one attached hydrogen (secondary N) is 1. The molecule has 1 aromatic carbocycles. The van der Waals surface area contributed by atoms with Gasteiger partial charge in [-0.15, -0.1) is 13.2 Å². The zero-order valence-electron chi connectivity index (χ0n) is 13.4. The molecule has 9 heteroatoms. The highest BCUT2D eigenvalue weighted by molar-refractivity contribution is 5.93. The molecule has 1 aromatic rings. The number of hydrogen-bond donors (Lipinski definition) is 2. The lowest BCUT2D eigenvalue weighted by Crippen LogP contribution is -2.24. The number of anilines is 1. The lowest BCUT2D eigenvalue weighted by Gasteiger charge is -2.14. The summed E-state index contributed by atoms with van der Waals surface area (Å²) in [5.41, 5.74) is 5.66. The first-order valence-electron chi connectivity index (χ1n) is 7.28. The van der Waals surface area contributed by atoms with Crippen molar-refractivity contribution in [3.05, 3.63) is 24.3 Å². The summed E-state index contributed by atoms with van der Waals surface area (Å²) in [5.74, 6) is -0.829. The number of carbonyl (C=O) groups is 1. The van der Waals surface area contributed by atoms with E-state index in [2.05, 4.69) is 15.0 Å². The average molecular weight is 347 g/mol. The Morgan fingerprint density at radius 3 is 2.62 bits per heavy atom. The fourth-order valence-electron chi connectivity index (χ4n) is 1.71. The summed E-state index contributed by atoms with van der Waals surface area (Å²) in [6, 6.07) is 5.47. The molecule has 0 aliphatic heterocycles. The van der Waals surface area contributed by atoms with Gasteiger partial charge in [-0.3, -0.25) is 9.79 Å². The Morgan fingerprint density at radius 2 is 2.00 bits per heavy atom. The quantitative estimate of drug-likeness (QED) is 0.343. The number of halogens is 3. The van der Waals surface area contributed by atoms with Gasteiger partial charge in [-0.25, -0.2) is 0 Å². The van der Waals surface area contributed by atoms with Crippen LogP contribution in [0.5, 0.6) is 5.75 Å². The molecule has 24 heavy (non-hydrogen) atoms. The van der Waals surface area contributed by atoms with Gasteiger partial charge in [-0.1, -0.05) is 12.1 Å². The Bertz CT molecular complexity index is 575. The maximum absolute atomic E-state index is 12.3.